The first-order valence-corrected chi connectivity index (χ1v) is 11.5. The van der Waals surface area contributed by atoms with E-state index in [2.05, 4.69) is 25.8 Å². The fourth-order valence-electron chi connectivity index (χ4n) is 3.79. The summed E-state index contributed by atoms with van der Waals surface area (Å²) in [5, 5.41) is 35.7. The van der Waals surface area contributed by atoms with E-state index in [1.54, 1.807) is 16.8 Å². The number of aromatic hydroxyl groups is 3. The van der Waals surface area contributed by atoms with Crippen LogP contribution in [0.1, 0.15) is 24.1 Å². The number of fused-ring (bicyclic) bond motifs is 1. The summed E-state index contributed by atoms with van der Waals surface area (Å²) < 4.78 is 3.92. The van der Waals surface area contributed by atoms with E-state index >= 15 is 0 Å². The van der Waals surface area contributed by atoms with Crippen LogP contribution >= 0.6 is 0 Å². The second kappa shape index (κ2) is 10.9. The van der Waals surface area contributed by atoms with E-state index in [4.69, 9.17) is 0 Å². The Hall–Kier alpha value is -5.14. The molecule has 1 amide bonds. The normalized spacial score (nSPS) is 11.3. The van der Waals surface area contributed by atoms with Gasteiger partial charge in [0.1, 0.15) is 0 Å². The fourth-order valence-corrected chi connectivity index (χ4v) is 3.79. The third-order valence-electron chi connectivity index (χ3n) is 5.84. The van der Waals surface area contributed by atoms with Crippen molar-refractivity contribution in [1.29, 1.82) is 0 Å². The van der Waals surface area contributed by atoms with Gasteiger partial charge in [-0.3, -0.25) is 23.7 Å². The molecule has 3 heterocycles. The molecule has 0 atom stereocenters. The van der Waals surface area contributed by atoms with Gasteiger partial charge in [-0.05, 0) is 30.7 Å². The zero-order chi connectivity index (χ0) is 27.4. The van der Waals surface area contributed by atoms with Crippen LogP contribution in [0.3, 0.4) is 0 Å². The second-order valence-electron chi connectivity index (χ2n) is 8.41. The summed E-state index contributed by atoms with van der Waals surface area (Å²) in [6, 6.07) is 7.97. The number of pyridine rings is 1. The summed E-state index contributed by atoms with van der Waals surface area (Å²) in [7, 11) is 2.92. The van der Waals surface area contributed by atoms with Gasteiger partial charge in [0, 0.05) is 38.8 Å². The smallest absolute Gasteiger partial charge is 0.332 e. The van der Waals surface area contributed by atoms with Crippen molar-refractivity contribution in [3.8, 4) is 17.2 Å². The van der Waals surface area contributed by atoms with Gasteiger partial charge in [-0.1, -0.05) is 6.07 Å². The van der Waals surface area contributed by atoms with Crippen LogP contribution in [-0.2, 0) is 32.0 Å². The number of nitrogens with zero attached hydrogens (tertiary/aromatic N) is 6. The van der Waals surface area contributed by atoms with Crippen molar-refractivity contribution in [3.63, 3.8) is 0 Å². The molecule has 0 unspecified atom stereocenters. The number of hydrogen-bond donors (Lipinski definition) is 5. The Morgan fingerprint density at radius 1 is 1.08 bits per heavy atom. The highest BCUT2D eigenvalue weighted by molar-refractivity contribution is 5.87. The number of carbonyl (C=O) groups excluding carboxylic acids is 1. The highest BCUT2D eigenvalue weighted by Crippen LogP contribution is 2.36. The van der Waals surface area contributed by atoms with Crippen LogP contribution < -0.4 is 22.0 Å². The molecule has 0 fully saturated rings. The number of benzene rings is 1. The quantitative estimate of drug-likeness (QED) is 0.118. The Morgan fingerprint density at radius 3 is 2.61 bits per heavy atom. The van der Waals surface area contributed by atoms with Crippen LogP contribution in [0.2, 0.25) is 0 Å². The summed E-state index contributed by atoms with van der Waals surface area (Å²) in [6.45, 7) is 0.561. The molecule has 1 aromatic carbocycles. The number of anilines is 1. The minimum Gasteiger partial charge on any atom is -0.504 e. The summed E-state index contributed by atoms with van der Waals surface area (Å²) in [5.74, 6) is -1.83. The average Bonchev–Trinajstić information content (AvgIpc) is 3.28. The number of nitrogens with one attached hydrogen (secondary N) is 2. The molecule has 0 saturated carbocycles. The van der Waals surface area contributed by atoms with E-state index in [9.17, 15) is 29.7 Å². The molecule has 5 N–H and O–H groups in total. The maximum absolute atomic E-state index is 13.0. The number of phenolic OH excluding ortho intramolecular Hbond substituents is 3. The molecule has 38 heavy (non-hydrogen) atoms. The number of aryl methyl sites for hydroxylation is 2. The maximum atomic E-state index is 13.0. The number of phenols is 3. The van der Waals surface area contributed by atoms with Crippen molar-refractivity contribution >= 4 is 29.2 Å². The van der Waals surface area contributed by atoms with Crippen molar-refractivity contribution in [3.05, 3.63) is 68.6 Å². The molecular formula is C24H26N8O6. The van der Waals surface area contributed by atoms with E-state index in [1.807, 2.05) is 12.1 Å². The molecule has 4 aromatic rings. The lowest BCUT2D eigenvalue weighted by molar-refractivity contribution is -0.121. The highest BCUT2D eigenvalue weighted by atomic mass is 16.3. The second-order valence-corrected chi connectivity index (χ2v) is 8.41. The summed E-state index contributed by atoms with van der Waals surface area (Å²) >= 11 is 0. The van der Waals surface area contributed by atoms with Gasteiger partial charge < -0.3 is 25.2 Å². The van der Waals surface area contributed by atoms with Crippen molar-refractivity contribution in [2.45, 2.75) is 25.9 Å². The van der Waals surface area contributed by atoms with Gasteiger partial charge in [0.05, 0.1) is 18.5 Å². The van der Waals surface area contributed by atoms with Crippen molar-refractivity contribution in [2.24, 2.45) is 19.2 Å². The van der Waals surface area contributed by atoms with Gasteiger partial charge >= 0.3 is 5.69 Å². The molecule has 0 spiro atoms. The molecule has 0 saturated heterocycles. The molecule has 0 radical (unpaired) electrons. The molecule has 0 aliphatic rings. The summed E-state index contributed by atoms with van der Waals surface area (Å²) in [6.07, 6.45) is 3.13. The van der Waals surface area contributed by atoms with Gasteiger partial charge in [0.2, 0.25) is 17.6 Å². The van der Waals surface area contributed by atoms with Gasteiger partial charge in [0.15, 0.2) is 22.7 Å². The van der Waals surface area contributed by atoms with Crippen LogP contribution in [0.25, 0.3) is 11.2 Å². The third kappa shape index (κ3) is 5.18. The van der Waals surface area contributed by atoms with E-state index in [1.165, 1.54) is 30.8 Å². The molecule has 0 aliphatic carbocycles. The standard InChI is InChI=1S/C24H26N8O6/c1-30-21-18(22(37)31(2)24(30)38)32(23(28-21)26-13-15-6-3-4-10-25-15)11-5-7-17(34)29-27-12-14-8-9-16(33)20(36)19(14)35/h3-4,6,8-10,12,33,35-36H,5,7,11,13H2,1-2H3,(H,26,28)(H,29,34)/b27-12+. The van der Waals surface area contributed by atoms with Crippen molar-refractivity contribution < 1.29 is 20.1 Å². The molecular weight excluding hydrogens is 496 g/mol. The van der Waals surface area contributed by atoms with Gasteiger partial charge in [-0.15, -0.1) is 0 Å². The number of imidazole rings is 1. The van der Waals surface area contributed by atoms with E-state index < -0.39 is 34.4 Å². The van der Waals surface area contributed by atoms with Gasteiger partial charge in [-0.25, -0.2) is 10.2 Å². The van der Waals surface area contributed by atoms with Crippen LogP contribution in [-0.4, -0.2) is 51.1 Å². The van der Waals surface area contributed by atoms with Gasteiger partial charge in [0.25, 0.3) is 5.56 Å². The molecule has 14 nitrogen and oxygen atoms in total. The first-order chi connectivity index (χ1) is 18.2. The topological polar surface area (TPSA) is 189 Å². The monoisotopic (exact) mass is 522 g/mol. The molecule has 14 heteroatoms. The van der Waals surface area contributed by atoms with E-state index in [-0.39, 0.29) is 29.7 Å². The minimum atomic E-state index is -0.691. The third-order valence-corrected chi connectivity index (χ3v) is 5.84. The van der Waals surface area contributed by atoms with Crippen molar-refractivity contribution in [1.82, 2.24) is 29.1 Å². The predicted molar refractivity (Wildman–Crippen MR) is 138 cm³/mol. The molecule has 0 aliphatic heterocycles. The first kappa shape index (κ1) is 25.9. The Kier molecular flexibility index (Phi) is 7.41. The van der Waals surface area contributed by atoms with Gasteiger partial charge in [-0.2, -0.15) is 10.1 Å². The Labute approximate surface area is 215 Å². The zero-order valence-corrected chi connectivity index (χ0v) is 20.6. The number of hydrogen-bond acceptors (Lipinski definition) is 10. The maximum Gasteiger partial charge on any atom is 0.332 e. The first-order valence-electron chi connectivity index (χ1n) is 11.5. The number of rotatable bonds is 9. The Balaban J connectivity index is 1.49. The minimum absolute atomic E-state index is 0.0373. The SMILES string of the molecule is Cn1c(=O)c2c(nc(NCc3ccccn3)n2CCCC(=O)N/N=C/c2ccc(O)c(O)c2O)n(C)c1=O. The average molecular weight is 523 g/mol. The number of carbonyl (C=O) groups is 1. The molecule has 3 aromatic heterocycles. The molecule has 0 bridgehead atoms. The lowest BCUT2D eigenvalue weighted by atomic mass is 10.2. The molecule has 4 rings (SSSR count). The van der Waals surface area contributed by atoms with Crippen LogP contribution in [0, 0.1) is 0 Å². The molecule has 198 valence electrons. The Morgan fingerprint density at radius 2 is 1.87 bits per heavy atom. The van der Waals surface area contributed by atoms with Crippen LogP contribution in [0.4, 0.5) is 5.95 Å². The summed E-state index contributed by atoms with van der Waals surface area (Å²) in [4.78, 5) is 46.4. The lowest BCUT2D eigenvalue weighted by Gasteiger charge is -2.10. The van der Waals surface area contributed by atoms with E-state index in [0.29, 0.717) is 18.9 Å². The number of amides is 1. The predicted octanol–water partition coefficient (Wildman–Crippen LogP) is 0.488. The van der Waals surface area contributed by atoms with Crippen molar-refractivity contribution in [2.75, 3.05) is 5.32 Å². The van der Waals surface area contributed by atoms with Crippen LogP contribution in [0.5, 0.6) is 17.2 Å². The fraction of sp³-hybridized carbons (Fsp3) is 0.250. The van der Waals surface area contributed by atoms with E-state index in [0.717, 1.165) is 16.5 Å². The van der Waals surface area contributed by atoms with Crippen LogP contribution in [0.15, 0.2) is 51.2 Å². The summed E-state index contributed by atoms with van der Waals surface area (Å²) in [5.41, 5.74) is 2.59. The number of aromatic nitrogens is 5. The highest BCUT2D eigenvalue weighted by Gasteiger charge is 2.19. The lowest BCUT2D eigenvalue weighted by Crippen LogP contribution is -2.37. The number of hydrazone groups is 1. The zero-order valence-electron chi connectivity index (χ0n) is 20.6. The Bertz CT molecular complexity index is 1640. The largest absolute Gasteiger partial charge is 0.504 e.